The maximum absolute atomic E-state index is 12.4. The first-order valence-corrected chi connectivity index (χ1v) is 7.41. The molecule has 1 unspecified atom stereocenters. The summed E-state index contributed by atoms with van der Waals surface area (Å²) < 4.78 is 2.74. The lowest BCUT2D eigenvalue weighted by molar-refractivity contribution is -0.138. The van der Waals surface area contributed by atoms with E-state index in [0.29, 0.717) is 23.5 Å². The van der Waals surface area contributed by atoms with Crippen LogP contribution in [-0.4, -0.2) is 21.4 Å². The largest absolute Gasteiger partial charge is 0.481 e. The van der Waals surface area contributed by atoms with Gasteiger partial charge in [-0.05, 0) is 46.6 Å². The molecule has 3 heterocycles. The van der Waals surface area contributed by atoms with Crippen molar-refractivity contribution in [3.63, 3.8) is 0 Å². The lowest BCUT2D eigenvalue weighted by Gasteiger charge is -2.04. The van der Waals surface area contributed by atoms with E-state index in [4.69, 9.17) is 5.11 Å². The summed E-state index contributed by atoms with van der Waals surface area (Å²) in [6, 6.07) is 7.09. The third kappa shape index (κ3) is 2.04. The second-order valence-corrected chi connectivity index (χ2v) is 6.87. The van der Waals surface area contributed by atoms with Crippen LogP contribution in [0.4, 0.5) is 0 Å². The number of halogens is 1. The van der Waals surface area contributed by atoms with Crippen molar-refractivity contribution in [2.75, 3.05) is 0 Å². The number of hydrogen-bond acceptors (Lipinski definition) is 3. The van der Waals surface area contributed by atoms with Crippen molar-refractivity contribution in [3.8, 4) is 0 Å². The second kappa shape index (κ2) is 4.61. The molecule has 1 aliphatic heterocycles. The highest BCUT2D eigenvalue weighted by Crippen LogP contribution is 2.32. The van der Waals surface area contributed by atoms with Crippen LogP contribution in [0.25, 0.3) is 0 Å². The van der Waals surface area contributed by atoms with Gasteiger partial charge >= 0.3 is 5.97 Å². The van der Waals surface area contributed by atoms with Crippen molar-refractivity contribution in [3.05, 3.63) is 44.3 Å². The fraction of sp³-hybridized carbons (Fsp3) is 0.231. The fourth-order valence-electron chi connectivity index (χ4n) is 2.45. The van der Waals surface area contributed by atoms with Gasteiger partial charge in [-0.15, -0.1) is 11.3 Å². The van der Waals surface area contributed by atoms with Crippen LogP contribution < -0.4 is 0 Å². The van der Waals surface area contributed by atoms with Gasteiger partial charge in [0.25, 0.3) is 0 Å². The summed E-state index contributed by atoms with van der Waals surface area (Å²) in [5.74, 6) is -1.36. The molecule has 19 heavy (non-hydrogen) atoms. The second-order valence-electron chi connectivity index (χ2n) is 4.41. The molecule has 0 aromatic carbocycles. The molecule has 0 radical (unpaired) electrons. The summed E-state index contributed by atoms with van der Waals surface area (Å²) in [6.45, 7) is 0.590. The first kappa shape index (κ1) is 12.6. The summed E-state index contributed by atoms with van der Waals surface area (Å²) in [4.78, 5) is 24.2. The average molecular weight is 340 g/mol. The van der Waals surface area contributed by atoms with Crippen LogP contribution in [0.5, 0.6) is 0 Å². The summed E-state index contributed by atoms with van der Waals surface area (Å²) in [5.41, 5.74) is 1.31. The zero-order chi connectivity index (χ0) is 13.6. The molecule has 2 aromatic rings. The highest BCUT2D eigenvalue weighted by Gasteiger charge is 2.31. The Kier molecular flexibility index (Phi) is 3.06. The van der Waals surface area contributed by atoms with E-state index in [-0.39, 0.29) is 5.78 Å². The molecule has 0 fully saturated rings. The van der Waals surface area contributed by atoms with Gasteiger partial charge in [-0.25, -0.2) is 0 Å². The normalized spacial score (nSPS) is 17.4. The van der Waals surface area contributed by atoms with Gasteiger partial charge in [0.1, 0.15) is 0 Å². The smallest absolute Gasteiger partial charge is 0.312 e. The lowest BCUT2D eigenvalue weighted by atomic mass is 10.1. The highest BCUT2D eigenvalue weighted by molar-refractivity contribution is 9.11. The highest BCUT2D eigenvalue weighted by atomic mass is 79.9. The van der Waals surface area contributed by atoms with Crippen LogP contribution in [0.1, 0.15) is 33.4 Å². The van der Waals surface area contributed by atoms with Crippen molar-refractivity contribution in [2.45, 2.75) is 18.9 Å². The minimum atomic E-state index is -0.824. The third-order valence-corrected chi connectivity index (χ3v) is 4.96. The molecule has 3 rings (SSSR count). The number of thiophene rings is 1. The number of carbonyl (C=O) groups excluding carboxylic acids is 1. The van der Waals surface area contributed by atoms with Crippen LogP contribution in [0.2, 0.25) is 0 Å². The minimum Gasteiger partial charge on any atom is -0.481 e. The molecule has 0 saturated heterocycles. The SMILES string of the molecule is O=C(c1ccc(Br)s1)c1ccc2n1CCC2C(=O)O. The van der Waals surface area contributed by atoms with E-state index < -0.39 is 11.9 Å². The van der Waals surface area contributed by atoms with E-state index in [9.17, 15) is 9.59 Å². The van der Waals surface area contributed by atoms with Crippen molar-refractivity contribution >= 4 is 39.0 Å². The van der Waals surface area contributed by atoms with E-state index in [1.165, 1.54) is 11.3 Å². The van der Waals surface area contributed by atoms with Crippen LogP contribution in [0.15, 0.2) is 28.1 Å². The number of rotatable bonds is 3. The van der Waals surface area contributed by atoms with Gasteiger partial charge < -0.3 is 9.67 Å². The molecule has 1 aliphatic rings. The van der Waals surface area contributed by atoms with Crippen LogP contribution >= 0.6 is 27.3 Å². The Labute approximate surface area is 121 Å². The van der Waals surface area contributed by atoms with E-state index in [1.807, 2.05) is 10.6 Å². The van der Waals surface area contributed by atoms with Crippen LogP contribution in [0.3, 0.4) is 0 Å². The van der Waals surface area contributed by atoms with Gasteiger partial charge in [-0.3, -0.25) is 9.59 Å². The number of hydrogen-bond donors (Lipinski definition) is 1. The van der Waals surface area contributed by atoms with E-state index in [2.05, 4.69) is 15.9 Å². The molecule has 98 valence electrons. The molecule has 0 spiro atoms. The quantitative estimate of drug-likeness (QED) is 0.874. The number of nitrogens with zero attached hydrogens (tertiary/aromatic N) is 1. The Morgan fingerprint density at radius 1 is 1.32 bits per heavy atom. The summed E-state index contributed by atoms with van der Waals surface area (Å²) in [6.07, 6.45) is 0.555. The van der Waals surface area contributed by atoms with Crippen molar-refractivity contribution in [1.82, 2.24) is 4.57 Å². The Hall–Kier alpha value is -1.40. The molecular weight excluding hydrogens is 330 g/mol. The minimum absolute atomic E-state index is 0.0482. The number of carbonyl (C=O) groups is 2. The van der Waals surface area contributed by atoms with E-state index >= 15 is 0 Å². The molecular formula is C13H10BrNO3S. The Morgan fingerprint density at radius 3 is 2.74 bits per heavy atom. The number of aromatic nitrogens is 1. The predicted molar refractivity (Wildman–Crippen MR) is 74.9 cm³/mol. The molecule has 6 heteroatoms. The van der Waals surface area contributed by atoms with E-state index in [1.54, 1.807) is 18.2 Å². The molecule has 0 bridgehead atoms. The van der Waals surface area contributed by atoms with Gasteiger partial charge in [0, 0.05) is 12.2 Å². The summed E-state index contributed by atoms with van der Waals surface area (Å²) >= 11 is 4.72. The molecule has 1 atom stereocenters. The molecule has 2 aromatic heterocycles. The number of ketones is 1. The van der Waals surface area contributed by atoms with Gasteiger partial charge in [-0.2, -0.15) is 0 Å². The van der Waals surface area contributed by atoms with Crippen LogP contribution in [0, 0.1) is 0 Å². The summed E-state index contributed by atoms with van der Waals surface area (Å²) in [7, 11) is 0. The maximum atomic E-state index is 12.4. The lowest BCUT2D eigenvalue weighted by Crippen LogP contribution is -2.09. The molecule has 0 saturated carbocycles. The number of carboxylic acids is 1. The van der Waals surface area contributed by atoms with Gasteiger partial charge in [0.15, 0.2) is 0 Å². The number of carboxylic acid groups (broad SMARTS) is 1. The molecule has 1 N–H and O–H groups in total. The Balaban J connectivity index is 1.98. The first-order valence-electron chi connectivity index (χ1n) is 5.80. The standard InChI is InChI=1S/C13H10BrNO3S/c14-11-4-3-10(19-11)12(16)9-2-1-8-7(13(17)18)5-6-15(8)9/h1-4,7H,5-6H2,(H,17,18). The topological polar surface area (TPSA) is 59.3 Å². The Morgan fingerprint density at radius 2 is 2.11 bits per heavy atom. The third-order valence-electron chi connectivity index (χ3n) is 3.34. The summed E-state index contributed by atoms with van der Waals surface area (Å²) in [5, 5.41) is 9.13. The molecule has 0 aliphatic carbocycles. The van der Waals surface area contributed by atoms with Gasteiger partial charge in [0.05, 0.1) is 20.3 Å². The predicted octanol–water partition coefficient (Wildman–Crippen LogP) is 3.12. The maximum Gasteiger partial charge on any atom is 0.312 e. The number of fused-ring (bicyclic) bond motifs is 1. The average Bonchev–Trinajstić information content (AvgIpc) is 3.01. The van der Waals surface area contributed by atoms with Crippen molar-refractivity contribution in [2.24, 2.45) is 0 Å². The van der Waals surface area contributed by atoms with Gasteiger partial charge in [-0.1, -0.05) is 0 Å². The van der Waals surface area contributed by atoms with Crippen molar-refractivity contribution < 1.29 is 14.7 Å². The zero-order valence-electron chi connectivity index (χ0n) is 9.80. The number of aliphatic carboxylic acids is 1. The van der Waals surface area contributed by atoms with Crippen molar-refractivity contribution in [1.29, 1.82) is 0 Å². The van der Waals surface area contributed by atoms with Gasteiger partial charge in [0.2, 0.25) is 5.78 Å². The molecule has 0 amide bonds. The zero-order valence-corrected chi connectivity index (χ0v) is 12.2. The monoisotopic (exact) mass is 339 g/mol. The van der Waals surface area contributed by atoms with E-state index in [0.717, 1.165) is 9.48 Å². The first-order chi connectivity index (χ1) is 9.08. The fourth-order valence-corrected chi connectivity index (χ4v) is 3.79. The molecule has 4 nitrogen and oxygen atoms in total. The van der Waals surface area contributed by atoms with Crippen LogP contribution in [-0.2, 0) is 11.3 Å². The Bertz CT molecular complexity index is 673.